The molecular weight excluding hydrogens is 1850 g/mol. The Morgan fingerprint density at radius 2 is 0.843 bits per heavy atom. The number of sulfonamides is 3. The van der Waals surface area contributed by atoms with Gasteiger partial charge in [0.15, 0.2) is 11.6 Å². The van der Waals surface area contributed by atoms with Gasteiger partial charge in [-0.3, -0.25) is 4.31 Å². The van der Waals surface area contributed by atoms with E-state index in [1.54, 1.807) is 173 Å². The van der Waals surface area contributed by atoms with Gasteiger partial charge in [0, 0.05) is 18.7 Å². The Morgan fingerprint density at radius 1 is 0.407 bits per heavy atom. The van der Waals surface area contributed by atoms with Crippen LogP contribution < -0.4 is 18.5 Å². The summed E-state index contributed by atoms with van der Waals surface area (Å²) in [6.45, 7) is 4.63. The van der Waals surface area contributed by atoms with E-state index in [9.17, 15) is 43.2 Å². The summed E-state index contributed by atoms with van der Waals surface area (Å²) in [4.78, 5) is 10.5. The van der Waals surface area contributed by atoms with Crippen LogP contribution >= 0.6 is 0 Å². The largest absolute Gasteiger partial charge is 0.573 e. The van der Waals surface area contributed by atoms with Gasteiger partial charge in [0.1, 0.15) is 74.2 Å². The predicted octanol–water partition coefficient (Wildman–Crippen LogP) is 21.6. The van der Waals surface area contributed by atoms with Gasteiger partial charge >= 0.3 is 12.3 Å². The van der Waals surface area contributed by atoms with Crippen LogP contribution in [0.2, 0.25) is 0 Å². The van der Waals surface area contributed by atoms with E-state index in [-0.39, 0.29) is 61.3 Å². The van der Waals surface area contributed by atoms with Gasteiger partial charge in [-0.2, -0.15) is 19.1 Å². The first kappa shape index (κ1) is 102. The molecule has 3 aromatic heterocycles. The van der Waals surface area contributed by atoms with E-state index in [1.165, 1.54) is 54.9 Å². The Balaban J connectivity index is 0.000000177. The molecule has 13 aromatic carbocycles. The van der Waals surface area contributed by atoms with Crippen LogP contribution in [-0.4, -0.2) is 118 Å². The number of alkyl halides is 3. The van der Waals surface area contributed by atoms with E-state index in [1.807, 2.05) is 122 Å². The van der Waals surface area contributed by atoms with Crippen molar-refractivity contribution in [3.8, 4) is 68.5 Å². The molecule has 25 nitrogen and oxygen atoms in total. The van der Waals surface area contributed by atoms with Crippen LogP contribution in [0.1, 0.15) is 111 Å². The number of para-hydroxylation sites is 1. The molecule has 0 unspecified atom stereocenters. The highest BCUT2D eigenvalue weighted by molar-refractivity contribution is 7.93. The number of aryl methyl sites for hydroxylation is 4. The number of ether oxygens (including phenoxy) is 4. The van der Waals surface area contributed by atoms with Crippen LogP contribution in [0.4, 0.5) is 27.6 Å². The minimum atomic E-state index is -5.19. The van der Waals surface area contributed by atoms with Crippen LogP contribution in [0.3, 0.4) is 0 Å². The lowest BCUT2D eigenvalue weighted by atomic mass is 10.0. The zero-order valence-electron chi connectivity index (χ0n) is 76.0. The smallest absolute Gasteiger partial charge is 0.495 e. The fourth-order valence-corrected chi connectivity index (χ4v) is 20.0. The molecule has 16 aromatic rings. The third-order valence-corrected chi connectivity index (χ3v) is 28.1. The van der Waals surface area contributed by atoms with E-state index < -0.39 is 76.1 Å². The molecule has 140 heavy (non-hydrogen) atoms. The van der Waals surface area contributed by atoms with Gasteiger partial charge in [-0.25, -0.2) is 38.8 Å². The Labute approximate surface area is 810 Å². The van der Waals surface area contributed by atoms with E-state index in [0.29, 0.717) is 95.4 Å². The predicted molar refractivity (Wildman–Crippen MR) is 523 cm³/mol. The van der Waals surface area contributed by atoms with Gasteiger partial charge in [-0.15, -0.1) is 43.8 Å². The third kappa shape index (κ3) is 26.8. The number of hydrogen-bond acceptors (Lipinski definition) is 19. The van der Waals surface area contributed by atoms with Crippen molar-refractivity contribution in [1.29, 1.82) is 10.5 Å². The van der Waals surface area contributed by atoms with Crippen LogP contribution in [0.15, 0.2) is 349 Å². The average molecular weight is 1950 g/mol. The van der Waals surface area contributed by atoms with Crippen LogP contribution in [0.5, 0.6) is 23.0 Å². The number of rotatable bonds is 37. The summed E-state index contributed by atoms with van der Waals surface area (Å²) in [5.41, 5.74) is 11.5. The summed E-state index contributed by atoms with van der Waals surface area (Å²) in [5.74, 6) is -0.977. The SMILES string of the molecule is C.COC(=O)c1ccc(Cn2cnnc2CN(c2ccc(Oc3ccccc3)cc2)S(=O)(=O)c2ccc(-c3ccccc3)cc2OC(F)(F)F)cc1.COc1ccc(-c2cccc(C)c2)cc1S(=O)(=O)N(CCCCc1ccccc1)Cc1nncn1Cc1ccc(C#N)cc1.Cc1cccc(-c2cc(F)c(S(=O)(=O)N(CCCCc3ccccc3)Cc3nncn3Cc3ccc(C#N)cc3)cc2F)c1. The molecule has 0 fully saturated rings. The molecule has 0 bridgehead atoms. The maximum absolute atomic E-state index is 15.6. The highest BCUT2D eigenvalue weighted by Gasteiger charge is 2.38. The first-order chi connectivity index (χ1) is 67.1. The van der Waals surface area contributed by atoms with Crippen molar-refractivity contribution in [1.82, 2.24) is 52.9 Å². The average Bonchev–Trinajstić information content (AvgIpc) is 0.937. The topological polar surface area (TPSA) is 306 Å². The number of esters is 1. The highest BCUT2D eigenvalue weighted by Crippen LogP contribution is 2.40. The molecule has 0 aliphatic heterocycles. The number of carbonyl (C=O) groups is 1. The number of anilines is 1. The minimum Gasteiger partial charge on any atom is -0.495 e. The quantitative estimate of drug-likeness (QED) is 0.0198. The molecule has 716 valence electrons. The van der Waals surface area contributed by atoms with Crippen LogP contribution in [0.25, 0.3) is 33.4 Å². The zero-order valence-corrected chi connectivity index (χ0v) is 78.5. The number of carbonyl (C=O) groups excluding carboxylic acids is 1. The van der Waals surface area contributed by atoms with Gasteiger partial charge in [0.2, 0.25) is 20.0 Å². The summed E-state index contributed by atoms with van der Waals surface area (Å²) < 4.78 is 187. The number of benzene rings is 13. The van der Waals surface area contributed by atoms with Crippen LogP contribution in [-0.2, 0) is 86.9 Å². The molecule has 0 amide bonds. The maximum atomic E-state index is 15.6. The number of unbranched alkanes of at least 4 members (excludes halogenated alkanes) is 2. The van der Waals surface area contributed by atoms with Crippen molar-refractivity contribution in [2.45, 2.75) is 120 Å². The standard InChI is InChI=1S/C37H29F3N4O6S.C35H35N5O3S.C34H31F2N5O2S.CH4/c1-48-36(45)28-14-12-26(13-15-28)23-43-25-41-42-35(43)24-44(30-17-19-32(20-18-30)49-31-10-6-3-7-11-31)51(46,47)34-21-16-29(27-8-4-2-5-9-27)22-33(34)50-37(38,39)40;1-27-9-8-13-31(21-27)32-18-19-33(43-2)34(22-32)44(41,42)40(20-7-6-12-28-10-4-3-5-11-28)25-35-38-37-26-39(35)24-30-16-14-29(23-36)15-17-30;1-25-8-7-12-29(18-25)30-19-32(36)33(20-31(30)35)44(42,43)41(17-6-5-11-26-9-3-2-4-10-26)23-34-39-38-24-40(34)22-28-15-13-27(21-37)14-16-28;/h2-22,25H,23-24H2,1H3;3-5,8-11,13-19,21-22,26H,6-7,12,20,24-25H2,1-2H3;2-4,7-10,12-16,18-20,24H,5-6,11,17,22-23H2,1H3;1H4. The van der Waals surface area contributed by atoms with Crippen molar-refractivity contribution in [3.05, 3.63) is 419 Å². The van der Waals surface area contributed by atoms with Gasteiger partial charge in [-0.1, -0.05) is 225 Å². The van der Waals surface area contributed by atoms with E-state index in [2.05, 4.69) is 59.6 Å². The minimum absolute atomic E-state index is 0. The monoisotopic (exact) mass is 1950 g/mol. The van der Waals surface area contributed by atoms with Crippen molar-refractivity contribution < 1.29 is 70.9 Å². The maximum Gasteiger partial charge on any atom is 0.573 e. The first-order valence-electron chi connectivity index (χ1n) is 44.1. The van der Waals surface area contributed by atoms with E-state index in [4.69, 9.17) is 24.7 Å². The lowest BCUT2D eigenvalue weighted by Gasteiger charge is -2.26. The molecule has 0 atom stereocenters. The molecular formula is C107H99F5N14O11S3. The molecule has 16 rings (SSSR count). The summed E-state index contributed by atoms with van der Waals surface area (Å²) >= 11 is 0. The number of aromatic nitrogens is 9. The number of nitriles is 2. The normalized spacial score (nSPS) is 11.4. The number of halogens is 5. The molecule has 33 heteroatoms. The first-order valence-corrected chi connectivity index (χ1v) is 48.4. The van der Waals surface area contributed by atoms with E-state index >= 15 is 8.78 Å². The second kappa shape index (κ2) is 47.4. The highest BCUT2D eigenvalue weighted by atomic mass is 32.2. The second-order valence-corrected chi connectivity index (χ2v) is 38.0. The molecule has 3 heterocycles. The Hall–Kier alpha value is -15.7. The van der Waals surface area contributed by atoms with Crippen molar-refractivity contribution in [2.75, 3.05) is 31.6 Å². The third-order valence-electron chi connectivity index (χ3n) is 22.6. The number of nitrogens with zero attached hydrogens (tertiary/aromatic N) is 14. The summed E-state index contributed by atoms with van der Waals surface area (Å²) in [5, 5.41) is 42.9. The molecule has 0 saturated heterocycles. The molecule has 0 aliphatic rings. The summed E-state index contributed by atoms with van der Waals surface area (Å²) in [7, 11) is -10.5. The van der Waals surface area contributed by atoms with E-state index in [0.717, 1.165) is 96.6 Å². The molecule has 0 N–H and O–H groups in total. The number of hydrogen-bond donors (Lipinski definition) is 0. The lowest BCUT2D eigenvalue weighted by Crippen LogP contribution is -2.33. The lowest BCUT2D eigenvalue weighted by molar-refractivity contribution is -0.275. The second-order valence-electron chi connectivity index (χ2n) is 32.4. The summed E-state index contributed by atoms with van der Waals surface area (Å²) in [6, 6.07) is 94.1. The molecule has 0 radical (unpaired) electrons. The Bertz CT molecular complexity index is 7330. The van der Waals surface area contributed by atoms with Gasteiger partial charge < -0.3 is 32.6 Å². The fraction of sp³-hybridized carbons (Fsp3) is 0.187. The number of methoxy groups -OCH3 is 2. The Kier molecular flexibility index (Phi) is 34.5. The summed E-state index contributed by atoms with van der Waals surface area (Å²) in [6.07, 6.45) is 3.58. The van der Waals surface area contributed by atoms with Crippen molar-refractivity contribution in [2.24, 2.45) is 0 Å². The van der Waals surface area contributed by atoms with Crippen molar-refractivity contribution >= 4 is 41.7 Å². The molecule has 0 aliphatic carbocycles. The van der Waals surface area contributed by atoms with Crippen molar-refractivity contribution in [3.63, 3.8) is 0 Å². The van der Waals surface area contributed by atoms with Gasteiger partial charge in [0.05, 0.1) is 88.0 Å². The molecule has 0 spiro atoms. The fourth-order valence-electron chi connectivity index (χ4n) is 15.4. The Morgan fingerprint density at radius 3 is 1.33 bits per heavy atom. The van der Waals surface area contributed by atoms with Gasteiger partial charge in [0.25, 0.3) is 10.0 Å². The zero-order chi connectivity index (χ0) is 98.1. The molecule has 0 saturated carbocycles. The van der Waals surface area contributed by atoms with Crippen LogP contribution in [0, 0.1) is 48.1 Å². The van der Waals surface area contributed by atoms with Gasteiger partial charge in [-0.05, 0) is 217 Å².